The van der Waals surface area contributed by atoms with Crippen molar-refractivity contribution in [3.63, 3.8) is 0 Å². The molecule has 0 radical (unpaired) electrons. The number of aryl methyl sites for hydroxylation is 1. The lowest BCUT2D eigenvalue weighted by atomic mass is 10.3. The van der Waals surface area contributed by atoms with Crippen molar-refractivity contribution in [3.8, 4) is 5.75 Å². The van der Waals surface area contributed by atoms with Crippen LogP contribution in [-0.2, 0) is 6.54 Å². The molecule has 4 aromatic rings. The Morgan fingerprint density at radius 3 is 2.78 bits per heavy atom. The van der Waals surface area contributed by atoms with Crippen molar-refractivity contribution in [1.82, 2.24) is 19.5 Å². The number of ether oxygens (including phenoxy) is 1. The first-order valence-corrected chi connectivity index (χ1v) is 10.9. The molecule has 10 heteroatoms. The molecule has 1 amide bonds. The molecule has 0 atom stereocenters. The smallest absolute Gasteiger partial charge is 0.267 e. The van der Waals surface area contributed by atoms with Crippen LogP contribution in [0, 0.1) is 0 Å². The van der Waals surface area contributed by atoms with E-state index in [1.807, 2.05) is 35.3 Å². The van der Waals surface area contributed by atoms with Crippen LogP contribution in [0.4, 0.5) is 22.5 Å². The first kappa shape index (κ1) is 21.3. The minimum Gasteiger partial charge on any atom is -0.497 e. The molecule has 0 saturated heterocycles. The zero-order valence-corrected chi connectivity index (χ0v) is 18.3. The number of nitrogens with zero attached hydrogens (tertiary/aromatic N) is 4. The number of thiazole rings is 1. The number of nitrogens with one attached hydrogen (secondary N) is 3. The highest BCUT2D eigenvalue weighted by atomic mass is 32.1. The van der Waals surface area contributed by atoms with Crippen LogP contribution in [0.3, 0.4) is 0 Å². The lowest BCUT2D eigenvalue weighted by Gasteiger charge is -2.08. The maximum Gasteiger partial charge on any atom is 0.267 e. The molecule has 1 aromatic carbocycles. The average Bonchev–Trinajstić information content (AvgIpc) is 3.50. The Morgan fingerprint density at radius 1 is 1.16 bits per heavy atom. The highest BCUT2D eigenvalue weighted by Crippen LogP contribution is 2.24. The molecule has 0 bridgehead atoms. The van der Waals surface area contributed by atoms with Gasteiger partial charge in [-0.2, -0.15) is 0 Å². The van der Waals surface area contributed by atoms with Crippen LogP contribution in [0.25, 0.3) is 0 Å². The summed E-state index contributed by atoms with van der Waals surface area (Å²) in [6.45, 7) is 1.69. The second-order valence-electron chi connectivity index (χ2n) is 6.83. The molecular weight excluding hydrogens is 426 g/mol. The molecule has 0 aliphatic heterocycles. The van der Waals surface area contributed by atoms with E-state index in [0.717, 1.165) is 31.1 Å². The highest BCUT2D eigenvalue weighted by Gasteiger charge is 2.12. The Labute approximate surface area is 189 Å². The van der Waals surface area contributed by atoms with Crippen molar-refractivity contribution in [2.75, 3.05) is 29.6 Å². The van der Waals surface area contributed by atoms with Gasteiger partial charge in [0.25, 0.3) is 5.91 Å². The molecule has 3 aromatic heterocycles. The summed E-state index contributed by atoms with van der Waals surface area (Å²) in [7, 11) is 1.60. The van der Waals surface area contributed by atoms with Crippen LogP contribution in [0.1, 0.15) is 16.1 Å². The zero-order chi connectivity index (χ0) is 22.2. The number of pyridine rings is 1. The first-order chi connectivity index (χ1) is 15.7. The molecule has 3 N–H and O–H groups in total. The number of imidazole rings is 1. The van der Waals surface area contributed by atoms with E-state index in [1.165, 1.54) is 11.3 Å². The fourth-order valence-corrected chi connectivity index (χ4v) is 3.63. The second kappa shape index (κ2) is 10.4. The minimum atomic E-state index is -0.220. The first-order valence-electron chi connectivity index (χ1n) is 10.0. The summed E-state index contributed by atoms with van der Waals surface area (Å²) < 4.78 is 7.17. The zero-order valence-electron chi connectivity index (χ0n) is 17.5. The van der Waals surface area contributed by atoms with Crippen LogP contribution in [-0.4, -0.2) is 39.1 Å². The lowest BCUT2D eigenvalue weighted by molar-refractivity contribution is 0.103. The number of carbonyl (C=O) groups is 1. The maximum atomic E-state index is 12.5. The Kier molecular flexibility index (Phi) is 6.93. The van der Waals surface area contributed by atoms with E-state index in [0.29, 0.717) is 21.5 Å². The summed E-state index contributed by atoms with van der Waals surface area (Å²) in [5.74, 6) is 1.94. The maximum absolute atomic E-state index is 12.5. The van der Waals surface area contributed by atoms with Crippen LogP contribution in [0.2, 0.25) is 0 Å². The fourth-order valence-electron chi connectivity index (χ4n) is 2.91. The lowest BCUT2D eigenvalue weighted by Crippen LogP contribution is -2.09. The second-order valence-corrected chi connectivity index (χ2v) is 7.86. The van der Waals surface area contributed by atoms with Gasteiger partial charge in [0.1, 0.15) is 22.3 Å². The largest absolute Gasteiger partial charge is 0.497 e. The van der Waals surface area contributed by atoms with E-state index in [1.54, 1.807) is 43.8 Å². The number of methoxy groups -OCH3 is 1. The van der Waals surface area contributed by atoms with Crippen molar-refractivity contribution >= 4 is 39.7 Å². The molecule has 0 unspecified atom stereocenters. The molecule has 3 heterocycles. The van der Waals surface area contributed by atoms with Gasteiger partial charge in [0.05, 0.1) is 19.6 Å². The van der Waals surface area contributed by atoms with Crippen molar-refractivity contribution in [1.29, 1.82) is 0 Å². The van der Waals surface area contributed by atoms with Gasteiger partial charge in [0.2, 0.25) is 0 Å². The third-order valence-corrected chi connectivity index (χ3v) is 5.43. The van der Waals surface area contributed by atoms with Crippen molar-refractivity contribution in [2.45, 2.75) is 13.0 Å². The molecule has 0 spiro atoms. The Morgan fingerprint density at radius 2 is 2.00 bits per heavy atom. The van der Waals surface area contributed by atoms with Gasteiger partial charge in [-0.1, -0.05) is 17.4 Å². The number of benzene rings is 1. The highest BCUT2D eigenvalue weighted by molar-refractivity contribution is 7.17. The van der Waals surface area contributed by atoms with Gasteiger partial charge >= 0.3 is 0 Å². The molecule has 0 fully saturated rings. The van der Waals surface area contributed by atoms with Crippen molar-refractivity contribution in [3.05, 3.63) is 72.3 Å². The molecule has 0 saturated carbocycles. The predicted molar refractivity (Wildman–Crippen MR) is 126 cm³/mol. The van der Waals surface area contributed by atoms with Crippen molar-refractivity contribution in [2.24, 2.45) is 0 Å². The Hall–Kier alpha value is -3.92. The Balaban J connectivity index is 1.29. The van der Waals surface area contributed by atoms with E-state index in [9.17, 15) is 4.79 Å². The van der Waals surface area contributed by atoms with Gasteiger partial charge in [-0.3, -0.25) is 4.79 Å². The molecule has 0 aliphatic rings. The third-order valence-electron chi connectivity index (χ3n) is 4.52. The quantitative estimate of drug-likeness (QED) is 0.311. The molecule has 32 heavy (non-hydrogen) atoms. The van der Waals surface area contributed by atoms with Gasteiger partial charge < -0.3 is 25.3 Å². The SMILES string of the molecule is COc1ccc(NC(=O)c2cnc(Nc3cccc(NCCCn4ccnc4)n3)s2)cc1. The van der Waals surface area contributed by atoms with E-state index in [4.69, 9.17) is 4.74 Å². The number of carbonyl (C=O) groups excluding carboxylic acids is 1. The fraction of sp³-hybridized carbons (Fsp3) is 0.182. The minimum absolute atomic E-state index is 0.220. The molecule has 164 valence electrons. The van der Waals surface area contributed by atoms with Gasteiger partial charge in [0.15, 0.2) is 5.13 Å². The monoisotopic (exact) mass is 449 g/mol. The third kappa shape index (κ3) is 5.82. The summed E-state index contributed by atoms with van der Waals surface area (Å²) in [6.07, 6.45) is 8.03. The topological polar surface area (TPSA) is 106 Å². The van der Waals surface area contributed by atoms with Crippen LogP contribution in [0.5, 0.6) is 5.75 Å². The van der Waals surface area contributed by atoms with E-state index < -0.39 is 0 Å². The Bertz CT molecular complexity index is 1140. The van der Waals surface area contributed by atoms with Crippen molar-refractivity contribution < 1.29 is 9.53 Å². The van der Waals surface area contributed by atoms with Gasteiger partial charge in [0, 0.05) is 31.2 Å². The number of amides is 1. The molecule has 9 nitrogen and oxygen atoms in total. The molecular formula is C22H23N7O2S. The summed E-state index contributed by atoms with van der Waals surface area (Å²) in [6, 6.07) is 12.8. The van der Waals surface area contributed by atoms with Crippen LogP contribution >= 0.6 is 11.3 Å². The van der Waals surface area contributed by atoms with Gasteiger partial charge in [-0.15, -0.1) is 0 Å². The number of hydrogen-bond acceptors (Lipinski definition) is 8. The summed E-state index contributed by atoms with van der Waals surface area (Å²) in [5, 5.41) is 9.92. The predicted octanol–water partition coefficient (Wildman–Crippen LogP) is 4.24. The van der Waals surface area contributed by atoms with Crippen LogP contribution in [0.15, 0.2) is 67.4 Å². The molecule has 0 aliphatic carbocycles. The van der Waals surface area contributed by atoms with E-state index in [-0.39, 0.29) is 5.91 Å². The van der Waals surface area contributed by atoms with Gasteiger partial charge in [-0.05, 0) is 42.8 Å². The summed E-state index contributed by atoms with van der Waals surface area (Å²) in [4.78, 5) is 25.9. The average molecular weight is 450 g/mol. The standard InChI is InChI=1S/C22H23N7O2S/c1-31-17-8-6-16(7-9-17)26-21(30)18-14-25-22(32-18)28-20-5-2-4-19(27-20)24-10-3-12-29-13-11-23-15-29/h2,4-9,11,13-15H,3,10,12H2,1H3,(H,26,30)(H2,24,25,27,28). The number of anilines is 4. The number of aromatic nitrogens is 4. The van der Waals surface area contributed by atoms with E-state index >= 15 is 0 Å². The summed E-state index contributed by atoms with van der Waals surface area (Å²) in [5.41, 5.74) is 0.687. The van der Waals surface area contributed by atoms with Gasteiger partial charge in [-0.25, -0.2) is 15.0 Å². The van der Waals surface area contributed by atoms with E-state index in [2.05, 4.69) is 30.9 Å². The normalized spacial score (nSPS) is 10.5. The summed E-state index contributed by atoms with van der Waals surface area (Å²) >= 11 is 1.26. The number of hydrogen-bond donors (Lipinski definition) is 3. The van der Waals surface area contributed by atoms with Crippen LogP contribution < -0.4 is 20.7 Å². The molecule has 4 rings (SSSR count). The number of rotatable bonds is 10.